The largest absolute Gasteiger partial charge is 0.292 e. The summed E-state index contributed by atoms with van der Waals surface area (Å²) in [6.07, 6.45) is 4.51. The summed E-state index contributed by atoms with van der Waals surface area (Å²) in [5.41, 5.74) is 11.5. The monoisotopic (exact) mass is 554 g/mol. The number of benzene rings is 6. The molecule has 0 aliphatic carbocycles. The molecule has 0 unspecified atom stereocenters. The minimum Gasteiger partial charge on any atom is -0.292 e. The van der Waals surface area contributed by atoms with Gasteiger partial charge in [-0.05, 0) is 75.8 Å². The number of hydrogen-bond donors (Lipinski definition) is 0. The minimum atomic E-state index is 0.935. The van der Waals surface area contributed by atoms with Gasteiger partial charge in [-0.1, -0.05) is 127 Å². The summed E-state index contributed by atoms with van der Waals surface area (Å²) in [6, 6.07) is 51.8. The molecule has 1 aromatic heterocycles. The van der Waals surface area contributed by atoms with Crippen molar-refractivity contribution in [3.8, 4) is 39.3 Å². The van der Waals surface area contributed by atoms with E-state index in [0.29, 0.717) is 0 Å². The number of hydrogen-bond acceptors (Lipinski definition) is 2. The molecule has 6 aromatic carbocycles. The molecule has 0 bridgehead atoms. The molecule has 1 aliphatic rings. The van der Waals surface area contributed by atoms with E-state index in [1.165, 1.54) is 43.2 Å². The van der Waals surface area contributed by atoms with Crippen molar-refractivity contribution in [3.63, 3.8) is 0 Å². The quantitative estimate of drug-likeness (QED) is 0.211. The summed E-state index contributed by atoms with van der Waals surface area (Å²) in [6.45, 7) is 0. The third-order valence-electron chi connectivity index (χ3n) is 7.86. The van der Waals surface area contributed by atoms with Gasteiger partial charge in [-0.3, -0.25) is 4.57 Å². The summed E-state index contributed by atoms with van der Waals surface area (Å²) in [5.74, 6) is 0.935. The molecule has 198 valence electrons. The van der Waals surface area contributed by atoms with Crippen molar-refractivity contribution in [1.29, 1.82) is 0 Å². The van der Waals surface area contributed by atoms with Crippen LogP contribution in [0.4, 0.5) is 0 Å². The van der Waals surface area contributed by atoms with Gasteiger partial charge >= 0.3 is 0 Å². The van der Waals surface area contributed by atoms with E-state index < -0.39 is 0 Å². The van der Waals surface area contributed by atoms with Crippen molar-refractivity contribution in [2.45, 2.75) is 9.79 Å². The molecule has 0 radical (unpaired) electrons. The van der Waals surface area contributed by atoms with Gasteiger partial charge in [0.15, 0.2) is 0 Å². The third-order valence-corrected chi connectivity index (χ3v) is 9.02. The highest BCUT2D eigenvalue weighted by Crippen LogP contribution is 2.44. The molecule has 8 rings (SSSR count). The summed E-state index contributed by atoms with van der Waals surface area (Å²) < 4.78 is 2.27. The molecule has 2 heterocycles. The van der Waals surface area contributed by atoms with Crippen LogP contribution in [0.15, 0.2) is 155 Å². The van der Waals surface area contributed by atoms with Gasteiger partial charge in [-0.25, -0.2) is 4.98 Å². The lowest BCUT2D eigenvalue weighted by Gasteiger charge is -2.16. The normalized spacial score (nSPS) is 12.9. The first kappa shape index (κ1) is 24.7. The van der Waals surface area contributed by atoms with Crippen molar-refractivity contribution in [2.24, 2.45) is 0 Å². The van der Waals surface area contributed by atoms with Gasteiger partial charge in [-0.15, -0.1) is 0 Å². The summed E-state index contributed by atoms with van der Waals surface area (Å²) >= 11 is 1.83. The Morgan fingerprint density at radius 2 is 1.07 bits per heavy atom. The van der Waals surface area contributed by atoms with E-state index in [9.17, 15) is 0 Å². The lowest BCUT2D eigenvalue weighted by atomic mass is 9.95. The van der Waals surface area contributed by atoms with Crippen LogP contribution in [-0.2, 0) is 0 Å². The van der Waals surface area contributed by atoms with Crippen LogP contribution in [0.5, 0.6) is 0 Å². The predicted molar refractivity (Wildman–Crippen MR) is 177 cm³/mol. The summed E-state index contributed by atoms with van der Waals surface area (Å²) in [4.78, 5) is 7.63. The first-order valence-electron chi connectivity index (χ1n) is 14.1. The molecule has 2 nitrogen and oxygen atoms in total. The Bertz CT molecular complexity index is 2120. The highest BCUT2D eigenvalue weighted by molar-refractivity contribution is 7.99. The maximum absolute atomic E-state index is 5.15. The molecule has 1 aliphatic heterocycles. The average Bonchev–Trinajstić information content (AvgIpc) is 3.44. The Morgan fingerprint density at radius 1 is 0.476 bits per heavy atom. The Balaban J connectivity index is 1.38. The zero-order valence-corrected chi connectivity index (χ0v) is 23.6. The van der Waals surface area contributed by atoms with Crippen LogP contribution >= 0.6 is 11.8 Å². The van der Waals surface area contributed by atoms with Gasteiger partial charge in [-0.2, -0.15) is 0 Å². The third kappa shape index (κ3) is 4.27. The lowest BCUT2D eigenvalue weighted by molar-refractivity contribution is 1.10. The number of para-hydroxylation sites is 3. The van der Waals surface area contributed by atoms with Gasteiger partial charge < -0.3 is 0 Å². The van der Waals surface area contributed by atoms with Crippen LogP contribution < -0.4 is 0 Å². The van der Waals surface area contributed by atoms with Crippen LogP contribution in [-0.4, -0.2) is 9.55 Å². The topological polar surface area (TPSA) is 17.8 Å². The van der Waals surface area contributed by atoms with Gasteiger partial charge in [0.2, 0.25) is 0 Å². The van der Waals surface area contributed by atoms with Crippen molar-refractivity contribution >= 4 is 34.9 Å². The molecular formula is C39H26N2S. The molecule has 7 aromatic rings. The highest BCUT2D eigenvalue weighted by atomic mass is 32.2. The SMILES string of the molecule is C1=C\c2ccc(-c3nc4ccccc4n3-c3ccccc3)cc2-c2ccccc2Sc2ccccc2-c2ccccc2/1. The first-order valence-corrected chi connectivity index (χ1v) is 15.0. The van der Waals surface area contributed by atoms with Crippen molar-refractivity contribution in [1.82, 2.24) is 9.55 Å². The summed E-state index contributed by atoms with van der Waals surface area (Å²) in [7, 11) is 0. The Labute approximate surface area is 249 Å². The molecular weight excluding hydrogens is 529 g/mol. The average molecular weight is 555 g/mol. The lowest BCUT2D eigenvalue weighted by Crippen LogP contribution is -1.98. The fourth-order valence-electron chi connectivity index (χ4n) is 5.87. The van der Waals surface area contributed by atoms with E-state index in [1.807, 2.05) is 11.8 Å². The molecule has 42 heavy (non-hydrogen) atoms. The highest BCUT2D eigenvalue weighted by Gasteiger charge is 2.19. The van der Waals surface area contributed by atoms with Crippen LogP contribution in [0.3, 0.4) is 0 Å². The molecule has 0 N–H and O–H groups in total. The molecule has 3 heteroatoms. The molecule has 0 spiro atoms. The second-order valence-corrected chi connectivity index (χ2v) is 11.5. The standard InChI is InChI=1S/C39H26N2S/c1-2-13-30(14-3-1)41-36-19-9-8-18-35(36)40-39(41)29-25-24-28-23-22-27-12-4-5-15-31(27)32-16-6-10-20-37(32)42-38-21-11-7-17-33(38)34(28)26-29/h1-26H/b23-22-. The van der Waals surface area contributed by atoms with Gasteiger partial charge in [0, 0.05) is 21.0 Å². The van der Waals surface area contributed by atoms with Crippen LogP contribution in [0.2, 0.25) is 0 Å². The Morgan fingerprint density at radius 3 is 1.86 bits per heavy atom. The number of nitrogens with zero attached hydrogens (tertiary/aromatic N) is 2. The fraction of sp³-hybridized carbons (Fsp3) is 0. The smallest absolute Gasteiger partial charge is 0.145 e. The van der Waals surface area contributed by atoms with Gasteiger partial charge in [0.1, 0.15) is 5.82 Å². The zero-order chi connectivity index (χ0) is 27.9. The molecule has 0 atom stereocenters. The molecule has 0 amide bonds. The maximum atomic E-state index is 5.15. The van der Waals surface area contributed by atoms with Crippen LogP contribution in [0.25, 0.3) is 62.5 Å². The van der Waals surface area contributed by atoms with Crippen LogP contribution in [0, 0.1) is 0 Å². The van der Waals surface area contributed by atoms with Gasteiger partial charge in [0.25, 0.3) is 0 Å². The zero-order valence-electron chi connectivity index (χ0n) is 22.8. The van der Waals surface area contributed by atoms with Crippen LogP contribution in [0.1, 0.15) is 11.1 Å². The van der Waals surface area contributed by atoms with Gasteiger partial charge in [0.05, 0.1) is 11.0 Å². The molecule has 0 saturated heterocycles. The van der Waals surface area contributed by atoms with Crippen molar-refractivity contribution in [3.05, 3.63) is 157 Å². The van der Waals surface area contributed by atoms with E-state index in [-0.39, 0.29) is 0 Å². The molecule has 0 saturated carbocycles. The number of aromatic nitrogens is 2. The first-order chi connectivity index (χ1) is 20.8. The number of fused-ring (bicyclic) bond motifs is 7. The number of rotatable bonds is 2. The second-order valence-electron chi connectivity index (χ2n) is 10.4. The minimum absolute atomic E-state index is 0.935. The van der Waals surface area contributed by atoms with E-state index in [2.05, 4.69) is 162 Å². The number of imidazole rings is 1. The maximum Gasteiger partial charge on any atom is 0.145 e. The van der Waals surface area contributed by atoms with E-state index in [1.54, 1.807) is 0 Å². The van der Waals surface area contributed by atoms with Crippen molar-refractivity contribution < 1.29 is 0 Å². The Kier molecular flexibility index (Phi) is 6.09. The Hall–Kier alpha value is -5.12. The fourth-order valence-corrected chi connectivity index (χ4v) is 6.98. The van der Waals surface area contributed by atoms with E-state index in [0.717, 1.165) is 28.1 Å². The summed E-state index contributed by atoms with van der Waals surface area (Å²) in [5, 5.41) is 0. The molecule has 0 fully saturated rings. The van der Waals surface area contributed by atoms with Crippen molar-refractivity contribution in [2.75, 3.05) is 0 Å². The van der Waals surface area contributed by atoms with E-state index in [4.69, 9.17) is 4.98 Å². The van der Waals surface area contributed by atoms with E-state index >= 15 is 0 Å². The second kappa shape index (κ2) is 10.4. The predicted octanol–water partition coefficient (Wildman–Crippen LogP) is 10.7.